The van der Waals surface area contributed by atoms with Crippen molar-refractivity contribution in [3.05, 3.63) is 65.7 Å². The van der Waals surface area contributed by atoms with Gasteiger partial charge in [-0.25, -0.2) is 13.6 Å². The molecule has 22 heavy (non-hydrogen) atoms. The monoisotopic (exact) mass is 316 g/mol. The van der Waals surface area contributed by atoms with Gasteiger partial charge in [-0.05, 0) is 42.8 Å². The number of nitrogens with one attached hydrogen (secondary N) is 1. The Morgan fingerprint density at radius 3 is 2.18 bits per heavy atom. The van der Waals surface area contributed by atoms with E-state index in [1.54, 1.807) is 13.0 Å². The lowest BCUT2D eigenvalue weighted by atomic mass is 10.1. The van der Waals surface area contributed by atoms with Crippen molar-refractivity contribution in [2.45, 2.75) is 11.8 Å². The van der Waals surface area contributed by atoms with E-state index in [2.05, 4.69) is 5.32 Å². The molecule has 6 heteroatoms. The van der Waals surface area contributed by atoms with Crippen LogP contribution in [0.2, 0.25) is 0 Å². The van der Waals surface area contributed by atoms with Crippen LogP contribution in [0.3, 0.4) is 0 Å². The van der Waals surface area contributed by atoms with E-state index in [9.17, 15) is 13.2 Å². The first kappa shape index (κ1) is 15.9. The second-order valence-electron chi connectivity index (χ2n) is 4.76. The van der Waals surface area contributed by atoms with Crippen molar-refractivity contribution in [2.24, 2.45) is 5.14 Å². The van der Waals surface area contributed by atoms with Gasteiger partial charge in [-0.3, -0.25) is 4.79 Å². The zero-order valence-electron chi connectivity index (χ0n) is 12.0. The maximum absolute atomic E-state index is 12.1. The molecule has 2 rings (SSSR count). The van der Waals surface area contributed by atoms with Crippen LogP contribution >= 0.6 is 0 Å². The first-order valence-corrected chi connectivity index (χ1v) is 8.08. The predicted molar refractivity (Wildman–Crippen MR) is 86.5 cm³/mol. The summed E-state index contributed by atoms with van der Waals surface area (Å²) in [5.41, 5.74) is 1.97. The molecule has 0 spiro atoms. The fourth-order valence-corrected chi connectivity index (χ4v) is 2.34. The van der Waals surface area contributed by atoms with E-state index in [-0.39, 0.29) is 10.8 Å². The van der Waals surface area contributed by atoms with Gasteiger partial charge in [0.1, 0.15) is 0 Å². The standard InChI is InChI=1S/C16H16N2O3S/c1-12(11-13-5-3-2-4-6-13)16(19)18-14-7-9-15(10-8-14)22(17,20)21/h2-11H,1H3,(H,18,19)(H2,17,20,21)/b12-11+. The van der Waals surface area contributed by atoms with Gasteiger partial charge in [0.25, 0.3) is 5.91 Å². The summed E-state index contributed by atoms with van der Waals surface area (Å²) in [4.78, 5) is 12.1. The molecule has 0 bridgehead atoms. The second-order valence-corrected chi connectivity index (χ2v) is 6.32. The molecule has 0 aliphatic heterocycles. The highest BCUT2D eigenvalue weighted by Gasteiger charge is 2.09. The van der Waals surface area contributed by atoms with Gasteiger partial charge >= 0.3 is 0 Å². The Hall–Kier alpha value is -2.44. The Bertz CT molecular complexity index is 795. The van der Waals surface area contributed by atoms with Gasteiger partial charge in [-0.15, -0.1) is 0 Å². The molecule has 0 heterocycles. The average Bonchev–Trinajstić information content (AvgIpc) is 2.48. The fourth-order valence-electron chi connectivity index (χ4n) is 1.82. The van der Waals surface area contributed by atoms with Gasteiger partial charge in [0.15, 0.2) is 0 Å². The molecule has 2 aromatic carbocycles. The van der Waals surface area contributed by atoms with Crippen molar-refractivity contribution in [1.82, 2.24) is 0 Å². The molecule has 0 saturated carbocycles. The molecule has 0 saturated heterocycles. The van der Waals surface area contributed by atoms with Crippen LogP contribution in [0, 0.1) is 0 Å². The molecule has 0 aliphatic carbocycles. The fraction of sp³-hybridized carbons (Fsp3) is 0.0625. The maximum Gasteiger partial charge on any atom is 0.251 e. The number of hydrogen-bond acceptors (Lipinski definition) is 3. The third kappa shape index (κ3) is 4.28. The van der Waals surface area contributed by atoms with Crippen molar-refractivity contribution in [2.75, 3.05) is 5.32 Å². The zero-order valence-corrected chi connectivity index (χ0v) is 12.8. The van der Waals surface area contributed by atoms with Crippen molar-refractivity contribution in [3.63, 3.8) is 0 Å². The smallest absolute Gasteiger partial charge is 0.251 e. The largest absolute Gasteiger partial charge is 0.322 e. The molecule has 0 radical (unpaired) electrons. The van der Waals surface area contributed by atoms with Gasteiger partial charge in [-0.2, -0.15) is 0 Å². The van der Waals surface area contributed by atoms with E-state index < -0.39 is 10.0 Å². The van der Waals surface area contributed by atoms with Crippen LogP contribution in [0.15, 0.2) is 65.1 Å². The summed E-state index contributed by atoms with van der Waals surface area (Å²) in [7, 11) is -3.73. The highest BCUT2D eigenvalue weighted by atomic mass is 32.2. The summed E-state index contributed by atoms with van der Waals surface area (Å²) in [6.45, 7) is 1.71. The van der Waals surface area contributed by atoms with Gasteiger partial charge in [0, 0.05) is 11.3 Å². The Kier molecular flexibility index (Phi) is 4.75. The van der Waals surface area contributed by atoms with Gasteiger partial charge in [0.05, 0.1) is 4.90 Å². The first-order chi connectivity index (χ1) is 10.4. The Morgan fingerprint density at radius 1 is 1.05 bits per heavy atom. The summed E-state index contributed by atoms with van der Waals surface area (Å²) >= 11 is 0. The molecule has 0 unspecified atom stereocenters. The molecule has 0 fully saturated rings. The number of nitrogens with two attached hydrogens (primary N) is 1. The molecular weight excluding hydrogens is 300 g/mol. The number of sulfonamides is 1. The van der Waals surface area contributed by atoms with Gasteiger partial charge in [0.2, 0.25) is 10.0 Å². The maximum atomic E-state index is 12.1. The van der Waals surface area contributed by atoms with Crippen molar-refractivity contribution in [1.29, 1.82) is 0 Å². The summed E-state index contributed by atoms with van der Waals surface area (Å²) in [5, 5.41) is 7.72. The van der Waals surface area contributed by atoms with Gasteiger partial charge in [-0.1, -0.05) is 30.3 Å². The number of amides is 1. The average molecular weight is 316 g/mol. The van der Waals surface area contributed by atoms with Crippen molar-refractivity contribution in [3.8, 4) is 0 Å². The van der Waals surface area contributed by atoms with E-state index in [1.165, 1.54) is 24.3 Å². The normalized spacial score (nSPS) is 12.0. The topological polar surface area (TPSA) is 89.3 Å². The molecule has 0 aliphatic rings. The number of hydrogen-bond donors (Lipinski definition) is 2. The Balaban J connectivity index is 2.10. The minimum absolute atomic E-state index is 0.00190. The van der Waals surface area contributed by atoms with Crippen LogP contribution in [0.5, 0.6) is 0 Å². The lowest BCUT2D eigenvalue weighted by Crippen LogP contribution is -2.14. The summed E-state index contributed by atoms with van der Waals surface area (Å²) in [6.07, 6.45) is 1.77. The van der Waals surface area contributed by atoms with E-state index in [1.807, 2.05) is 30.3 Å². The van der Waals surface area contributed by atoms with Crippen LogP contribution in [0.1, 0.15) is 12.5 Å². The van der Waals surface area contributed by atoms with Crippen LogP contribution in [-0.2, 0) is 14.8 Å². The van der Waals surface area contributed by atoms with E-state index in [0.717, 1.165) is 5.56 Å². The molecule has 114 valence electrons. The highest BCUT2D eigenvalue weighted by molar-refractivity contribution is 7.89. The third-order valence-corrected chi connectivity index (χ3v) is 3.91. The lowest BCUT2D eigenvalue weighted by Gasteiger charge is -2.06. The molecule has 3 N–H and O–H groups in total. The molecule has 0 aromatic heterocycles. The second kappa shape index (κ2) is 6.55. The predicted octanol–water partition coefficient (Wildman–Crippen LogP) is 2.38. The number of carbonyl (C=O) groups excluding carboxylic acids is 1. The molecular formula is C16H16N2O3S. The minimum Gasteiger partial charge on any atom is -0.322 e. The molecule has 0 atom stereocenters. The number of benzene rings is 2. The molecule has 2 aromatic rings. The third-order valence-electron chi connectivity index (χ3n) is 2.98. The minimum atomic E-state index is -3.73. The Labute approximate surface area is 129 Å². The number of carbonyl (C=O) groups is 1. The van der Waals surface area contributed by atoms with E-state index in [4.69, 9.17) is 5.14 Å². The number of rotatable bonds is 4. The SMILES string of the molecule is C/C(=C\c1ccccc1)C(=O)Nc1ccc(S(N)(=O)=O)cc1. The van der Waals surface area contributed by atoms with Crippen molar-refractivity contribution < 1.29 is 13.2 Å². The van der Waals surface area contributed by atoms with E-state index in [0.29, 0.717) is 11.3 Å². The quantitative estimate of drug-likeness (QED) is 0.849. The summed E-state index contributed by atoms with van der Waals surface area (Å²) < 4.78 is 22.3. The van der Waals surface area contributed by atoms with Crippen LogP contribution in [0.25, 0.3) is 6.08 Å². The summed E-state index contributed by atoms with van der Waals surface area (Å²) in [6, 6.07) is 15.2. The molecule has 5 nitrogen and oxygen atoms in total. The van der Waals surface area contributed by atoms with Gasteiger partial charge < -0.3 is 5.32 Å². The van der Waals surface area contributed by atoms with Crippen LogP contribution in [-0.4, -0.2) is 14.3 Å². The van der Waals surface area contributed by atoms with E-state index >= 15 is 0 Å². The zero-order chi connectivity index (χ0) is 16.2. The Morgan fingerprint density at radius 2 is 1.64 bits per heavy atom. The lowest BCUT2D eigenvalue weighted by molar-refractivity contribution is -0.112. The highest BCUT2D eigenvalue weighted by Crippen LogP contribution is 2.14. The summed E-state index contributed by atoms with van der Waals surface area (Å²) in [5.74, 6) is -0.257. The number of anilines is 1. The van der Waals surface area contributed by atoms with Crippen LogP contribution < -0.4 is 10.5 Å². The first-order valence-electron chi connectivity index (χ1n) is 6.54. The number of primary sulfonamides is 1. The van der Waals surface area contributed by atoms with Crippen molar-refractivity contribution >= 4 is 27.7 Å². The molecule has 1 amide bonds. The van der Waals surface area contributed by atoms with Crippen LogP contribution in [0.4, 0.5) is 5.69 Å².